The fourth-order valence-corrected chi connectivity index (χ4v) is 2.34. The highest BCUT2D eigenvalue weighted by atomic mass is 19.4. The third-order valence-electron chi connectivity index (χ3n) is 3.29. The van der Waals surface area contributed by atoms with Gasteiger partial charge in [-0.15, -0.1) is 0 Å². The molecule has 116 valence electrons. The number of nitrogens with two attached hydrogens (primary N) is 1. The van der Waals surface area contributed by atoms with Crippen molar-refractivity contribution < 1.29 is 23.2 Å². The molecule has 20 heavy (non-hydrogen) atoms. The van der Waals surface area contributed by atoms with E-state index >= 15 is 0 Å². The molecule has 0 spiro atoms. The Bertz CT molecular complexity index is 354. The smallest absolute Gasteiger partial charge is 0.405 e. The number of carbonyl (C=O) groups is 1. The molecule has 1 rings (SSSR count). The van der Waals surface area contributed by atoms with Crippen LogP contribution in [0.1, 0.15) is 32.1 Å². The van der Waals surface area contributed by atoms with Crippen molar-refractivity contribution in [2.24, 2.45) is 16.8 Å². The number of nitrogens with one attached hydrogen (secondary N) is 2. The third kappa shape index (κ3) is 5.54. The van der Waals surface area contributed by atoms with Crippen molar-refractivity contribution in [3.8, 4) is 0 Å². The number of amides is 2. The number of amidine groups is 1. The minimum atomic E-state index is -4.48. The van der Waals surface area contributed by atoms with Gasteiger partial charge >= 0.3 is 12.2 Å². The molecule has 1 fully saturated rings. The Hall–Kier alpha value is -1.67. The van der Waals surface area contributed by atoms with Crippen LogP contribution in [0.2, 0.25) is 0 Å². The molecule has 0 aromatic rings. The first-order valence-corrected chi connectivity index (χ1v) is 6.42. The first kappa shape index (κ1) is 16.4. The van der Waals surface area contributed by atoms with Crippen molar-refractivity contribution in [3.05, 3.63) is 0 Å². The molecule has 0 bridgehead atoms. The number of rotatable bonds is 4. The van der Waals surface area contributed by atoms with Crippen LogP contribution in [0.3, 0.4) is 0 Å². The molecule has 0 aromatic carbocycles. The van der Waals surface area contributed by atoms with Crippen LogP contribution in [0.5, 0.6) is 0 Å². The normalized spacial score (nSPS) is 19.4. The van der Waals surface area contributed by atoms with Gasteiger partial charge < -0.3 is 21.6 Å². The zero-order valence-electron chi connectivity index (χ0n) is 10.9. The van der Waals surface area contributed by atoms with Gasteiger partial charge in [0, 0.05) is 0 Å². The monoisotopic (exact) mass is 296 g/mol. The van der Waals surface area contributed by atoms with E-state index in [0.29, 0.717) is 0 Å². The predicted molar refractivity (Wildman–Crippen MR) is 66.4 cm³/mol. The summed E-state index contributed by atoms with van der Waals surface area (Å²) in [4.78, 5) is 11.4. The number of carbonyl (C=O) groups excluding carboxylic acids is 1. The van der Waals surface area contributed by atoms with E-state index in [4.69, 9.17) is 10.9 Å². The summed E-state index contributed by atoms with van der Waals surface area (Å²) in [6, 6.07) is -1.74. The van der Waals surface area contributed by atoms with Crippen molar-refractivity contribution in [1.82, 2.24) is 10.6 Å². The van der Waals surface area contributed by atoms with Crippen LogP contribution in [0.4, 0.5) is 18.0 Å². The summed E-state index contributed by atoms with van der Waals surface area (Å²) in [7, 11) is 0. The Labute approximate surface area is 114 Å². The van der Waals surface area contributed by atoms with E-state index in [1.807, 2.05) is 0 Å². The lowest BCUT2D eigenvalue weighted by Gasteiger charge is -2.30. The van der Waals surface area contributed by atoms with Crippen LogP contribution < -0.4 is 16.4 Å². The second-order valence-corrected chi connectivity index (χ2v) is 4.84. The van der Waals surface area contributed by atoms with E-state index < -0.39 is 24.8 Å². The minimum absolute atomic E-state index is 0.0312. The van der Waals surface area contributed by atoms with Gasteiger partial charge in [-0.25, -0.2) is 4.79 Å². The first-order valence-electron chi connectivity index (χ1n) is 6.42. The quantitative estimate of drug-likeness (QED) is 0.274. The fraction of sp³-hybridized carbons (Fsp3) is 0.818. The van der Waals surface area contributed by atoms with Gasteiger partial charge in [0.25, 0.3) is 0 Å². The van der Waals surface area contributed by atoms with Gasteiger partial charge in [0.1, 0.15) is 6.54 Å². The summed E-state index contributed by atoms with van der Waals surface area (Å²) in [6.07, 6.45) is 0.0479. The van der Waals surface area contributed by atoms with Crippen LogP contribution >= 0.6 is 0 Å². The van der Waals surface area contributed by atoms with Crippen LogP contribution in [0.25, 0.3) is 0 Å². The molecule has 1 unspecified atom stereocenters. The van der Waals surface area contributed by atoms with E-state index in [9.17, 15) is 18.0 Å². The lowest BCUT2D eigenvalue weighted by molar-refractivity contribution is -0.122. The number of hydrogen-bond donors (Lipinski definition) is 4. The van der Waals surface area contributed by atoms with Gasteiger partial charge in [0.2, 0.25) is 0 Å². The Morgan fingerprint density at radius 2 is 1.95 bits per heavy atom. The molecular weight excluding hydrogens is 277 g/mol. The van der Waals surface area contributed by atoms with Crippen LogP contribution in [-0.2, 0) is 0 Å². The Balaban J connectivity index is 2.58. The summed E-state index contributed by atoms with van der Waals surface area (Å²) in [5.74, 6) is -0.227. The molecule has 2 amide bonds. The fourth-order valence-electron chi connectivity index (χ4n) is 2.34. The maximum absolute atomic E-state index is 12.0. The van der Waals surface area contributed by atoms with Crippen LogP contribution in [0, 0.1) is 5.92 Å². The summed E-state index contributed by atoms with van der Waals surface area (Å²) in [6.45, 7) is -1.42. The highest BCUT2D eigenvalue weighted by molar-refractivity contribution is 5.89. The Kier molecular flexibility index (Phi) is 5.90. The minimum Gasteiger partial charge on any atom is -0.409 e. The number of oxime groups is 1. The molecule has 0 heterocycles. The molecule has 0 radical (unpaired) electrons. The summed E-state index contributed by atoms with van der Waals surface area (Å²) >= 11 is 0. The molecule has 0 saturated heterocycles. The van der Waals surface area contributed by atoms with Gasteiger partial charge in [-0.1, -0.05) is 24.4 Å². The predicted octanol–water partition coefficient (Wildman–Crippen LogP) is 1.54. The highest BCUT2D eigenvalue weighted by Gasteiger charge is 2.31. The molecule has 1 atom stereocenters. The van der Waals surface area contributed by atoms with E-state index in [1.54, 1.807) is 5.32 Å². The molecule has 1 aliphatic carbocycles. The van der Waals surface area contributed by atoms with E-state index in [2.05, 4.69) is 10.5 Å². The summed E-state index contributed by atoms with van der Waals surface area (Å²) in [5.41, 5.74) is 5.51. The van der Waals surface area contributed by atoms with Gasteiger partial charge in [-0.3, -0.25) is 0 Å². The van der Waals surface area contributed by atoms with E-state index in [0.717, 1.165) is 32.1 Å². The number of halogens is 3. The lowest BCUT2D eigenvalue weighted by Crippen LogP contribution is -2.53. The average molecular weight is 296 g/mol. The largest absolute Gasteiger partial charge is 0.409 e. The van der Waals surface area contributed by atoms with Gasteiger partial charge in [0.05, 0.1) is 6.04 Å². The number of nitrogens with zero attached hydrogens (tertiary/aromatic N) is 1. The molecule has 6 nitrogen and oxygen atoms in total. The zero-order valence-corrected chi connectivity index (χ0v) is 10.9. The zero-order chi connectivity index (χ0) is 15.2. The molecule has 1 aliphatic rings. The van der Waals surface area contributed by atoms with Crippen molar-refractivity contribution >= 4 is 11.9 Å². The SMILES string of the molecule is NC(=NO)C(NC(=O)NCC(F)(F)F)C1CCCCC1. The van der Waals surface area contributed by atoms with Gasteiger partial charge in [-0.05, 0) is 18.8 Å². The van der Waals surface area contributed by atoms with Crippen LogP contribution in [0.15, 0.2) is 5.16 Å². The number of hydrogen-bond acceptors (Lipinski definition) is 3. The molecule has 1 saturated carbocycles. The molecule has 5 N–H and O–H groups in total. The topological polar surface area (TPSA) is 99.7 Å². The second-order valence-electron chi connectivity index (χ2n) is 4.84. The van der Waals surface area contributed by atoms with Gasteiger partial charge in [-0.2, -0.15) is 13.2 Å². The second kappa shape index (κ2) is 7.20. The maximum atomic E-state index is 12.0. The Morgan fingerprint density at radius 3 is 2.45 bits per heavy atom. The summed E-state index contributed by atoms with van der Waals surface area (Å²) < 4.78 is 36.0. The van der Waals surface area contributed by atoms with Crippen LogP contribution in [-0.4, -0.2) is 35.8 Å². The lowest BCUT2D eigenvalue weighted by atomic mass is 9.83. The molecular formula is C11H19F3N4O2. The van der Waals surface area contributed by atoms with Crippen molar-refractivity contribution in [2.45, 2.75) is 44.3 Å². The molecule has 0 aromatic heterocycles. The van der Waals surface area contributed by atoms with Gasteiger partial charge in [0.15, 0.2) is 5.84 Å². The van der Waals surface area contributed by atoms with Crippen molar-refractivity contribution in [3.63, 3.8) is 0 Å². The summed E-state index contributed by atoms with van der Waals surface area (Å²) in [5, 5.41) is 15.6. The standard InChI is InChI=1S/C11H19F3N4O2/c12-11(13,14)6-16-10(19)17-8(9(15)18-20)7-4-2-1-3-5-7/h7-8,20H,1-6H2,(H2,15,18)(H2,16,17,19). The third-order valence-corrected chi connectivity index (χ3v) is 3.29. The molecule has 0 aliphatic heterocycles. The number of urea groups is 1. The van der Waals surface area contributed by atoms with Crippen molar-refractivity contribution in [1.29, 1.82) is 0 Å². The van der Waals surface area contributed by atoms with Crippen molar-refractivity contribution in [2.75, 3.05) is 6.54 Å². The van der Waals surface area contributed by atoms with E-state index in [-0.39, 0.29) is 11.8 Å². The Morgan fingerprint density at radius 1 is 1.35 bits per heavy atom. The van der Waals surface area contributed by atoms with E-state index in [1.165, 1.54) is 0 Å². The molecule has 9 heteroatoms. The maximum Gasteiger partial charge on any atom is 0.405 e. The first-order chi connectivity index (χ1) is 9.33. The highest BCUT2D eigenvalue weighted by Crippen LogP contribution is 2.26. The average Bonchev–Trinajstić information content (AvgIpc) is 2.42. The number of alkyl halides is 3.